The largest absolute Gasteiger partial charge is 0.493 e. The van der Waals surface area contributed by atoms with Gasteiger partial charge < -0.3 is 14.8 Å². The fraction of sp³-hybridized carbons (Fsp3) is 0.522. The highest BCUT2D eigenvalue weighted by Gasteiger charge is 2.32. The number of benzene rings is 1. The zero-order valence-corrected chi connectivity index (χ0v) is 18.1. The van der Waals surface area contributed by atoms with E-state index in [0.29, 0.717) is 12.6 Å². The third-order valence-corrected chi connectivity index (χ3v) is 7.03. The molecule has 4 rings (SSSR count). The summed E-state index contributed by atoms with van der Waals surface area (Å²) in [7, 11) is 3.34. The highest BCUT2D eigenvalue weighted by Crippen LogP contribution is 2.42. The Morgan fingerprint density at radius 3 is 2.62 bits per heavy atom. The predicted molar refractivity (Wildman–Crippen MR) is 116 cm³/mol. The van der Waals surface area contributed by atoms with Crippen LogP contribution in [0.2, 0.25) is 0 Å². The maximum absolute atomic E-state index is 12.8. The first-order chi connectivity index (χ1) is 14.2. The lowest BCUT2D eigenvalue weighted by Gasteiger charge is -2.37. The van der Waals surface area contributed by atoms with E-state index < -0.39 is 0 Å². The number of fused-ring (bicyclic) bond motifs is 1. The van der Waals surface area contributed by atoms with Crippen molar-refractivity contribution in [1.82, 2.24) is 10.2 Å². The molecule has 1 aliphatic carbocycles. The molecule has 0 spiro atoms. The summed E-state index contributed by atoms with van der Waals surface area (Å²) >= 11 is 1.74. The molecule has 5 nitrogen and oxygen atoms in total. The van der Waals surface area contributed by atoms with Gasteiger partial charge in [0, 0.05) is 17.5 Å². The maximum atomic E-state index is 12.8. The first kappa shape index (κ1) is 20.2. The normalized spacial score (nSPS) is 20.1. The Labute approximate surface area is 177 Å². The standard InChI is InChI=1S/C23H30N2O3S/c1-27-19-13-16-10-11-25(15-22(26)24-17-7-4-3-5-8-17)23(21-9-6-12-29-21)18(16)14-20(19)28-2/h6,9,12-14,17,23H,3-5,7-8,10-11,15H2,1-2H3,(H,24,26)/t23-/m1/s1. The van der Waals surface area contributed by atoms with Gasteiger partial charge in [-0.1, -0.05) is 25.3 Å². The van der Waals surface area contributed by atoms with Gasteiger partial charge in [-0.3, -0.25) is 9.69 Å². The SMILES string of the molecule is COc1cc2c(cc1OC)[C@H](c1cccs1)N(CC(=O)NC1CCCCC1)CC2. The van der Waals surface area contributed by atoms with Crippen LogP contribution in [0.1, 0.15) is 54.1 Å². The van der Waals surface area contributed by atoms with E-state index in [1.165, 1.54) is 35.3 Å². The molecule has 156 valence electrons. The summed E-state index contributed by atoms with van der Waals surface area (Å²) < 4.78 is 11.1. The Bertz CT molecular complexity index is 831. The maximum Gasteiger partial charge on any atom is 0.234 e. The first-order valence-electron chi connectivity index (χ1n) is 10.5. The van der Waals surface area contributed by atoms with Gasteiger partial charge in [-0.2, -0.15) is 0 Å². The van der Waals surface area contributed by atoms with E-state index in [0.717, 1.165) is 37.3 Å². The molecule has 2 aromatic rings. The van der Waals surface area contributed by atoms with E-state index in [2.05, 4.69) is 39.9 Å². The average molecular weight is 415 g/mol. The number of carbonyl (C=O) groups excluding carboxylic acids is 1. The molecule has 0 bridgehead atoms. The van der Waals surface area contributed by atoms with Gasteiger partial charge in [0.25, 0.3) is 0 Å². The van der Waals surface area contributed by atoms with Crippen LogP contribution in [-0.4, -0.2) is 44.2 Å². The summed E-state index contributed by atoms with van der Waals surface area (Å²) in [5.74, 6) is 1.64. The van der Waals surface area contributed by atoms with Crippen LogP contribution in [0.3, 0.4) is 0 Å². The average Bonchev–Trinajstić information content (AvgIpc) is 3.27. The number of hydrogen-bond acceptors (Lipinski definition) is 5. The van der Waals surface area contributed by atoms with Crippen molar-refractivity contribution in [3.05, 3.63) is 45.6 Å². The fourth-order valence-corrected chi connectivity index (χ4v) is 5.53. The number of methoxy groups -OCH3 is 2. The Morgan fingerprint density at radius 1 is 1.17 bits per heavy atom. The van der Waals surface area contributed by atoms with Gasteiger partial charge in [0.05, 0.1) is 26.8 Å². The van der Waals surface area contributed by atoms with Crippen LogP contribution in [-0.2, 0) is 11.2 Å². The van der Waals surface area contributed by atoms with Crippen molar-refractivity contribution in [2.75, 3.05) is 27.3 Å². The smallest absolute Gasteiger partial charge is 0.234 e. The van der Waals surface area contributed by atoms with Crippen molar-refractivity contribution < 1.29 is 14.3 Å². The number of carbonyl (C=O) groups is 1. The molecule has 1 aromatic carbocycles. The fourth-order valence-electron chi connectivity index (χ4n) is 4.65. The number of thiophene rings is 1. The Morgan fingerprint density at radius 2 is 1.93 bits per heavy atom. The molecule has 0 unspecified atom stereocenters. The number of ether oxygens (including phenoxy) is 2. The molecule has 1 fully saturated rings. The van der Waals surface area contributed by atoms with Gasteiger partial charge in [0.15, 0.2) is 11.5 Å². The minimum absolute atomic E-state index is 0.0654. The molecule has 29 heavy (non-hydrogen) atoms. The minimum Gasteiger partial charge on any atom is -0.493 e. The summed E-state index contributed by atoms with van der Waals surface area (Å²) in [6.45, 7) is 1.27. The quantitative estimate of drug-likeness (QED) is 0.771. The molecular weight excluding hydrogens is 384 g/mol. The molecule has 1 saturated carbocycles. The summed E-state index contributed by atoms with van der Waals surface area (Å²) in [4.78, 5) is 16.4. The lowest BCUT2D eigenvalue weighted by Crippen LogP contribution is -2.46. The van der Waals surface area contributed by atoms with Crippen molar-refractivity contribution in [2.45, 2.75) is 50.6 Å². The number of rotatable bonds is 6. The van der Waals surface area contributed by atoms with Crippen molar-refractivity contribution >= 4 is 17.2 Å². The van der Waals surface area contributed by atoms with Crippen molar-refractivity contribution in [2.24, 2.45) is 0 Å². The van der Waals surface area contributed by atoms with Crippen LogP contribution in [0.4, 0.5) is 0 Å². The lowest BCUT2D eigenvalue weighted by molar-refractivity contribution is -0.123. The van der Waals surface area contributed by atoms with Crippen LogP contribution in [0.25, 0.3) is 0 Å². The van der Waals surface area contributed by atoms with Gasteiger partial charge in [-0.05, 0) is 54.0 Å². The molecule has 0 saturated heterocycles. The lowest BCUT2D eigenvalue weighted by atomic mass is 9.90. The molecule has 1 aliphatic heterocycles. The Kier molecular flexibility index (Phi) is 6.40. The predicted octanol–water partition coefficient (Wildman–Crippen LogP) is 4.16. The molecule has 1 aromatic heterocycles. The molecule has 6 heteroatoms. The van der Waals surface area contributed by atoms with E-state index in [1.54, 1.807) is 25.6 Å². The van der Waals surface area contributed by atoms with Crippen LogP contribution >= 0.6 is 11.3 Å². The third kappa shape index (κ3) is 4.43. The van der Waals surface area contributed by atoms with Gasteiger partial charge in [0.2, 0.25) is 5.91 Å². The second-order valence-electron chi connectivity index (χ2n) is 7.95. The zero-order valence-electron chi connectivity index (χ0n) is 17.3. The van der Waals surface area contributed by atoms with Crippen molar-refractivity contribution in [1.29, 1.82) is 0 Å². The summed E-state index contributed by atoms with van der Waals surface area (Å²) in [5.41, 5.74) is 2.48. The molecule has 1 amide bonds. The van der Waals surface area contributed by atoms with E-state index in [1.807, 2.05) is 0 Å². The monoisotopic (exact) mass is 414 g/mol. The summed E-state index contributed by atoms with van der Waals surface area (Å²) in [6.07, 6.45) is 6.86. The first-order valence-corrected chi connectivity index (χ1v) is 11.4. The molecule has 1 atom stereocenters. The van der Waals surface area contributed by atoms with Crippen molar-refractivity contribution in [3.63, 3.8) is 0 Å². The van der Waals surface area contributed by atoms with Gasteiger partial charge in [-0.15, -0.1) is 11.3 Å². The van der Waals surface area contributed by atoms with Gasteiger partial charge >= 0.3 is 0 Å². The van der Waals surface area contributed by atoms with Crippen LogP contribution in [0.15, 0.2) is 29.6 Å². The molecule has 2 heterocycles. The number of nitrogens with one attached hydrogen (secondary N) is 1. The summed E-state index contributed by atoms with van der Waals surface area (Å²) in [6, 6.07) is 8.83. The van der Waals surface area contributed by atoms with Crippen molar-refractivity contribution in [3.8, 4) is 11.5 Å². The highest BCUT2D eigenvalue weighted by molar-refractivity contribution is 7.10. The summed E-state index contributed by atoms with van der Waals surface area (Å²) in [5, 5.41) is 5.38. The second kappa shape index (κ2) is 9.18. The zero-order chi connectivity index (χ0) is 20.2. The Hall–Kier alpha value is -2.05. The number of nitrogens with zero attached hydrogens (tertiary/aromatic N) is 1. The van der Waals surface area contributed by atoms with Crippen LogP contribution < -0.4 is 14.8 Å². The van der Waals surface area contributed by atoms with Gasteiger partial charge in [0.1, 0.15) is 0 Å². The van der Waals surface area contributed by atoms with E-state index in [-0.39, 0.29) is 11.9 Å². The topological polar surface area (TPSA) is 50.8 Å². The van der Waals surface area contributed by atoms with Gasteiger partial charge in [-0.25, -0.2) is 0 Å². The number of amides is 1. The third-order valence-electron chi connectivity index (χ3n) is 6.10. The van der Waals surface area contributed by atoms with Crippen LogP contribution in [0.5, 0.6) is 11.5 Å². The van der Waals surface area contributed by atoms with E-state index >= 15 is 0 Å². The van der Waals surface area contributed by atoms with Crippen LogP contribution in [0, 0.1) is 0 Å². The second-order valence-corrected chi connectivity index (χ2v) is 8.93. The van der Waals surface area contributed by atoms with E-state index in [4.69, 9.17) is 9.47 Å². The van der Waals surface area contributed by atoms with E-state index in [9.17, 15) is 4.79 Å². The Balaban J connectivity index is 1.59. The molecule has 1 N–H and O–H groups in total. The highest BCUT2D eigenvalue weighted by atomic mass is 32.1. The molecule has 2 aliphatic rings. The molecular formula is C23H30N2O3S. The number of hydrogen-bond donors (Lipinski definition) is 1. The molecule has 0 radical (unpaired) electrons. The minimum atomic E-state index is 0.0654.